The molecule has 0 fully saturated rings. The molecule has 2 aromatic rings. The molecule has 3 N–H and O–H groups in total. The molecular weight excluding hydrogens is 357 g/mol. The van der Waals surface area contributed by atoms with Crippen molar-refractivity contribution < 1.29 is 28.2 Å². The molecule has 0 unspecified atom stereocenters. The Hall–Kier alpha value is -2.32. The van der Waals surface area contributed by atoms with Gasteiger partial charge in [0.05, 0.1) is 17.8 Å². The van der Waals surface area contributed by atoms with Crippen LogP contribution in [-0.2, 0) is 0 Å². The van der Waals surface area contributed by atoms with Gasteiger partial charge < -0.3 is 20.3 Å². The molecule has 0 aliphatic heterocycles. The van der Waals surface area contributed by atoms with Crippen LogP contribution in [0.3, 0.4) is 0 Å². The number of anilines is 1. The van der Waals surface area contributed by atoms with E-state index in [1.54, 1.807) is 0 Å². The summed E-state index contributed by atoms with van der Waals surface area (Å²) in [6.07, 6.45) is -1.74. The van der Waals surface area contributed by atoms with Gasteiger partial charge in [-0.25, -0.2) is 18.6 Å². The Morgan fingerprint density at radius 2 is 2.00 bits per heavy atom. The molecule has 1 heterocycles. The molecule has 2 rings (SSSR count). The third-order valence-corrected chi connectivity index (χ3v) is 3.42. The summed E-state index contributed by atoms with van der Waals surface area (Å²) in [7, 11) is 1.28. The summed E-state index contributed by atoms with van der Waals surface area (Å²) in [5, 5.41) is 8.03. The molecule has 0 saturated heterocycles. The van der Waals surface area contributed by atoms with Crippen molar-refractivity contribution in [2.75, 3.05) is 12.8 Å². The van der Waals surface area contributed by atoms with E-state index in [0.29, 0.717) is 0 Å². The van der Waals surface area contributed by atoms with E-state index in [-0.39, 0.29) is 16.3 Å². The van der Waals surface area contributed by atoms with Gasteiger partial charge in [0.15, 0.2) is 5.82 Å². The highest BCUT2D eigenvalue weighted by Gasteiger charge is 2.23. The summed E-state index contributed by atoms with van der Waals surface area (Å²) < 4.78 is 37.6. The van der Waals surface area contributed by atoms with Gasteiger partial charge in [0.2, 0.25) is 5.88 Å². The zero-order chi connectivity index (χ0) is 17.3. The van der Waals surface area contributed by atoms with E-state index in [1.807, 2.05) is 0 Å². The number of nitrogens with zero attached hydrogens (tertiary/aromatic N) is 1. The van der Waals surface area contributed by atoms with E-state index < -0.39 is 40.1 Å². The minimum Gasteiger partial charge on any atom is -0.495 e. The van der Waals surface area contributed by atoms with E-state index in [4.69, 9.17) is 38.8 Å². The highest BCUT2D eigenvalue weighted by atomic mass is 35.5. The van der Waals surface area contributed by atoms with E-state index >= 15 is 0 Å². The zero-order valence-corrected chi connectivity index (χ0v) is 12.9. The number of ether oxygens (including phenoxy) is 2. The monoisotopic (exact) mass is 364 g/mol. The van der Waals surface area contributed by atoms with Gasteiger partial charge >= 0.3 is 6.16 Å². The first-order chi connectivity index (χ1) is 10.8. The second kappa shape index (κ2) is 6.43. The predicted molar refractivity (Wildman–Crippen MR) is 79.2 cm³/mol. The molecule has 6 nitrogen and oxygen atoms in total. The highest BCUT2D eigenvalue weighted by Crippen LogP contribution is 2.39. The average Bonchev–Trinajstić information content (AvgIpc) is 2.48. The van der Waals surface area contributed by atoms with Crippen LogP contribution in [0, 0.1) is 11.6 Å². The van der Waals surface area contributed by atoms with Gasteiger partial charge in [-0.15, -0.1) is 0 Å². The molecule has 0 spiro atoms. The number of carbonyl (C=O) groups is 1. The summed E-state index contributed by atoms with van der Waals surface area (Å²) >= 11 is 11.4. The van der Waals surface area contributed by atoms with Crippen LogP contribution in [0.1, 0.15) is 0 Å². The van der Waals surface area contributed by atoms with Crippen LogP contribution in [0.15, 0.2) is 12.1 Å². The Balaban J connectivity index is 2.73. The molecule has 0 amide bonds. The Bertz CT molecular complexity index is 802. The van der Waals surface area contributed by atoms with E-state index in [9.17, 15) is 13.6 Å². The van der Waals surface area contributed by atoms with Gasteiger partial charge in [0.25, 0.3) is 0 Å². The van der Waals surface area contributed by atoms with Gasteiger partial charge in [0.1, 0.15) is 22.3 Å². The maximum Gasteiger partial charge on any atom is 0.512 e. The van der Waals surface area contributed by atoms with Crippen LogP contribution in [0.25, 0.3) is 11.3 Å². The molecule has 0 radical (unpaired) electrons. The van der Waals surface area contributed by atoms with Crippen molar-refractivity contribution in [2.45, 2.75) is 0 Å². The summed E-state index contributed by atoms with van der Waals surface area (Å²) in [5.74, 6) is -2.69. The first kappa shape index (κ1) is 17.0. The van der Waals surface area contributed by atoms with Crippen LogP contribution >= 0.6 is 23.2 Å². The van der Waals surface area contributed by atoms with Crippen molar-refractivity contribution in [2.24, 2.45) is 0 Å². The van der Waals surface area contributed by atoms with Crippen molar-refractivity contribution in [1.29, 1.82) is 0 Å². The molecule has 0 aliphatic carbocycles. The highest BCUT2D eigenvalue weighted by molar-refractivity contribution is 6.34. The third-order valence-electron chi connectivity index (χ3n) is 2.76. The van der Waals surface area contributed by atoms with Crippen molar-refractivity contribution >= 4 is 35.0 Å². The summed E-state index contributed by atoms with van der Waals surface area (Å²) in [4.78, 5) is 14.2. The van der Waals surface area contributed by atoms with Gasteiger partial charge in [0, 0.05) is 5.56 Å². The minimum atomic E-state index is -1.74. The Kier molecular flexibility index (Phi) is 4.76. The van der Waals surface area contributed by atoms with E-state index in [1.165, 1.54) is 7.11 Å². The molecule has 122 valence electrons. The number of nitrogens with two attached hydrogens (primary N) is 1. The second-order valence-electron chi connectivity index (χ2n) is 4.14. The maximum atomic E-state index is 14.3. The van der Waals surface area contributed by atoms with Crippen LogP contribution in [0.5, 0.6) is 11.6 Å². The molecule has 0 aliphatic rings. The van der Waals surface area contributed by atoms with Crippen LogP contribution < -0.4 is 15.2 Å². The first-order valence-electron chi connectivity index (χ1n) is 5.84. The standard InChI is InChI=1S/C13H8Cl2F2N2O4/c1-22-7-2-4(6(16)3-5(7)14)11-9(17)10(18)8(15)12(19-11)23-13(20)21/h2-3H,1H3,(H2,18,19)(H,20,21). The largest absolute Gasteiger partial charge is 0.512 e. The summed E-state index contributed by atoms with van der Waals surface area (Å²) in [6, 6.07) is 1.97. The number of aromatic nitrogens is 1. The van der Waals surface area contributed by atoms with Gasteiger partial charge in [-0.05, 0) is 12.1 Å². The third kappa shape index (κ3) is 3.22. The number of hydrogen-bond donors (Lipinski definition) is 2. The fraction of sp³-hybridized carbons (Fsp3) is 0.0769. The van der Waals surface area contributed by atoms with Gasteiger partial charge in [-0.3, -0.25) is 0 Å². The van der Waals surface area contributed by atoms with Crippen molar-refractivity contribution in [1.82, 2.24) is 4.98 Å². The predicted octanol–water partition coefficient (Wildman–Crippen LogP) is 3.98. The number of rotatable bonds is 3. The fourth-order valence-electron chi connectivity index (χ4n) is 1.73. The normalized spacial score (nSPS) is 10.5. The number of pyridine rings is 1. The quantitative estimate of drug-likeness (QED) is 0.799. The summed E-state index contributed by atoms with van der Waals surface area (Å²) in [5.41, 5.74) is 3.85. The number of benzene rings is 1. The van der Waals surface area contributed by atoms with Crippen molar-refractivity contribution in [3.8, 4) is 22.9 Å². The Morgan fingerprint density at radius 3 is 2.57 bits per heavy atom. The SMILES string of the molecule is COc1cc(-c2nc(OC(=O)O)c(Cl)c(N)c2F)c(F)cc1Cl. The van der Waals surface area contributed by atoms with Crippen molar-refractivity contribution in [3.63, 3.8) is 0 Å². The lowest BCUT2D eigenvalue weighted by molar-refractivity contribution is 0.142. The maximum absolute atomic E-state index is 14.3. The molecule has 0 saturated carbocycles. The average molecular weight is 365 g/mol. The van der Waals surface area contributed by atoms with Crippen molar-refractivity contribution in [3.05, 3.63) is 33.8 Å². The zero-order valence-electron chi connectivity index (χ0n) is 11.4. The number of halogens is 4. The number of carboxylic acid groups (broad SMARTS) is 1. The fourth-order valence-corrected chi connectivity index (χ4v) is 2.13. The van der Waals surface area contributed by atoms with Crippen LogP contribution in [0.4, 0.5) is 19.3 Å². The number of nitrogen functional groups attached to an aromatic ring is 1. The molecule has 23 heavy (non-hydrogen) atoms. The minimum absolute atomic E-state index is 0.0434. The lowest BCUT2D eigenvalue weighted by Crippen LogP contribution is -2.09. The molecule has 1 aromatic carbocycles. The molecule has 10 heteroatoms. The topological polar surface area (TPSA) is 94.7 Å². The summed E-state index contributed by atoms with van der Waals surface area (Å²) in [6.45, 7) is 0. The van der Waals surface area contributed by atoms with Crippen LogP contribution in [0.2, 0.25) is 10.0 Å². The first-order valence-corrected chi connectivity index (χ1v) is 6.60. The van der Waals surface area contributed by atoms with E-state index in [2.05, 4.69) is 9.72 Å². The number of methoxy groups -OCH3 is 1. The smallest absolute Gasteiger partial charge is 0.495 e. The molecule has 0 bridgehead atoms. The van der Waals surface area contributed by atoms with Crippen LogP contribution in [-0.4, -0.2) is 23.4 Å². The second-order valence-corrected chi connectivity index (χ2v) is 4.93. The number of hydrogen-bond acceptors (Lipinski definition) is 5. The van der Waals surface area contributed by atoms with E-state index in [0.717, 1.165) is 12.1 Å². The molecule has 0 atom stereocenters. The lowest BCUT2D eigenvalue weighted by atomic mass is 10.1. The van der Waals surface area contributed by atoms with Gasteiger partial charge in [-0.1, -0.05) is 23.2 Å². The molecular formula is C13H8Cl2F2N2O4. The Morgan fingerprint density at radius 1 is 1.35 bits per heavy atom. The Labute approximate surface area is 138 Å². The lowest BCUT2D eigenvalue weighted by Gasteiger charge is -2.12. The molecule has 1 aromatic heterocycles. The van der Waals surface area contributed by atoms with Gasteiger partial charge in [-0.2, -0.15) is 0 Å².